The van der Waals surface area contributed by atoms with E-state index in [0.29, 0.717) is 17.1 Å². The van der Waals surface area contributed by atoms with E-state index in [4.69, 9.17) is 9.47 Å². The first-order valence-electron chi connectivity index (χ1n) is 6.01. The number of nitro benzene ring substituents is 1. The van der Waals surface area contributed by atoms with E-state index in [1.54, 1.807) is 24.3 Å². The third-order valence-electron chi connectivity index (χ3n) is 3.03. The molecule has 0 bridgehead atoms. The zero-order chi connectivity index (χ0) is 15.4. The van der Waals surface area contributed by atoms with Crippen molar-refractivity contribution in [2.24, 2.45) is 0 Å². The number of methoxy groups -OCH3 is 2. The minimum atomic E-state index is -0.529. The Balaban J connectivity index is 2.57. The third kappa shape index (κ3) is 2.77. The Morgan fingerprint density at radius 3 is 2.38 bits per heavy atom. The van der Waals surface area contributed by atoms with E-state index >= 15 is 0 Å². The van der Waals surface area contributed by atoms with Gasteiger partial charge in [0.1, 0.15) is 6.07 Å². The lowest BCUT2D eigenvalue weighted by atomic mass is 9.99. The fourth-order valence-corrected chi connectivity index (χ4v) is 1.99. The second-order valence-corrected chi connectivity index (χ2v) is 4.17. The molecule has 2 rings (SSSR count). The smallest absolute Gasteiger partial charge is 0.270 e. The van der Waals surface area contributed by atoms with Crippen LogP contribution < -0.4 is 9.47 Å². The molecule has 0 aliphatic rings. The Morgan fingerprint density at radius 1 is 1.10 bits per heavy atom. The second-order valence-electron chi connectivity index (χ2n) is 4.17. The minimum absolute atomic E-state index is 0.115. The molecule has 6 nitrogen and oxygen atoms in total. The SMILES string of the molecule is COc1ccc(-c2ccc([N+](=O)[O-])cc2C#N)cc1OC. The molecule has 0 aromatic heterocycles. The van der Waals surface area contributed by atoms with Crippen LogP contribution in [0.3, 0.4) is 0 Å². The van der Waals surface area contributed by atoms with Crippen molar-refractivity contribution in [2.45, 2.75) is 0 Å². The summed E-state index contributed by atoms with van der Waals surface area (Å²) >= 11 is 0. The van der Waals surface area contributed by atoms with E-state index in [1.165, 1.54) is 26.4 Å². The Kier molecular flexibility index (Phi) is 4.05. The number of nitro groups is 1. The van der Waals surface area contributed by atoms with Crippen LogP contribution in [0.5, 0.6) is 11.5 Å². The molecular weight excluding hydrogens is 272 g/mol. The Morgan fingerprint density at radius 2 is 1.81 bits per heavy atom. The van der Waals surface area contributed by atoms with Crippen LogP contribution in [-0.4, -0.2) is 19.1 Å². The van der Waals surface area contributed by atoms with Gasteiger partial charge in [-0.2, -0.15) is 5.26 Å². The molecule has 0 saturated carbocycles. The average Bonchev–Trinajstić information content (AvgIpc) is 2.53. The number of nitriles is 1. The van der Waals surface area contributed by atoms with Crippen LogP contribution in [0, 0.1) is 21.4 Å². The van der Waals surface area contributed by atoms with Crippen LogP contribution in [0.1, 0.15) is 5.56 Å². The monoisotopic (exact) mass is 284 g/mol. The summed E-state index contributed by atoms with van der Waals surface area (Å²) < 4.78 is 10.4. The molecular formula is C15H12N2O4. The first-order chi connectivity index (χ1) is 10.1. The van der Waals surface area contributed by atoms with Crippen LogP contribution in [0.4, 0.5) is 5.69 Å². The molecule has 0 N–H and O–H groups in total. The summed E-state index contributed by atoms with van der Waals surface area (Å²) in [5.74, 6) is 1.10. The van der Waals surface area contributed by atoms with Gasteiger partial charge in [-0.1, -0.05) is 6.07 Å². The van der Waals surface area contributed by atoms with Crippen LogP contribution in [0.15, 0.2) is 36.4 Å². The summed E-state index contributed by atoms with van der Waals surface area (Å²) in [6, 6.07) is 11.4. The molecule has 0 fully saturated rings. The van der Waals surface area contributed by atoms with Crippen molar-refractivity contribution >= 4 is 5.69 Å². The quantitative estimate of drug-likeness (QED) is 0.636. The van der Waals surface area contributed by atoms with Crippen LogP contribution in [0.25, 0.3) is 11.1 Å². The number of hydrogen-bond acceptors (Lipinski definition) is 5. The lowest BCUT2D eigenvalue weighted by Gasteiger charge is -2.10. The van der Waals surface area contributed by atoms with Gasteiger partial charge in [0.15, 0.2) is 11.5 Å². The molecule has 0 amide bonds. The standard InChI is InChI=1S/C15H12N2O4/c1-20-14-6-3-10(8-15(14)21-2)13-5-4-12(17(18)19)7-11(13)9-16/h3-8H,1-2H3. The van der Waals surface area contributed by atoms with Crippen molar-refractivity contribution in [2.75, 3.05) is 14.2 Å². The van der Waals surface area contributed by atoms with Crippen LogP contribution in [0.2, 0.25) is 0 Å². The van der Waals surface area contributed by atoms with Crippen molar-refractivity contribution in [3.05, 3.63) is 52.1 Å². The highest BCUT2D eigenvalue weighted by molar-refractivity contribution is 5.74. The third-order valence-corrected chi connectivity index (χ3v) is 3.03. The van der Waals surface area contributed by atoms with Crippen molar-refractivity contribution in [3.63, 3.8) is 0 Å². The first kappa shape index (κ1) is 14.3. The molecule has 0 heterocycles. The molecule has 2 aromatic rings. The van der Waals surface area contributed by atoms with Crippen molar-refractivity contribution in [1.82, 2.24) is 0 Å². The summed E-state index contributed by atoms with van der Waals surface area (Å²) in [7, 11) is 3.05. The zero-order valence-electron chi connectivity index (χ0n) is 11.5. The number of nitrogens with zero attached hydrogens (tertiary/aromatic N) is 2. The van der Waals surface area contributed by atoms with E-state index in [0.717, 1.165) is 5.56 Å². The molecule has 0 saturated heterocycles. The van der Waals surface area contributed by atoms with E-state index in [-0.39, 0.29) is 11.3 Å². The maximum absolute atomic E-state index is 10.8. The molecule has 0 unspecified atom stereocenters. The lowest BCUT2D eigenvalue weighted by Crippen LogP contribution is -1.93. The molecule has 0 spiro atoms. The summed E-state index contributed by atoms with van der Waals surface area (Å²) in [6.07, 6.45) is 0. The van der Waals surface area contributed by atoms with Crippen molar-refractivity contribution in [3.8, 4) is 28.7 Å². The van der Waals surface area contributed by atoms with Crippen LogP contribution in [-0.2, 0) is 0 Å². The van der Waals surface area contributed by atoms with E-state index in [2.05, 4.69) is 0 Å². The normalized spacial score (nSPS) is 9.76. The van der Waals surface area contributed by atoms with Gasteiger partial charge in [0.25, 0.3) is 5.69 Å². The van der Waals surface area contributed by atoms with E-state index in [9.17, 15) is 15.4 Å². The van der Waals surface area contributed by atoms with Crippen molar-refractivity contribution in [1.29, 1.82) is 5.26 Å². The molecule has 0 aliphatic carbocycles. The molecule has 0 radical (unpaired) electrons. The van der Waals surface area contributed by atoms with Crippen LogP contribution >= 0.6 is 0 Å². The number of ether oxygens (including phenoxy) is 2. The lowest BCUT2D eigenvalue weighted by molar-refractivity contribution is -0.384. The molecule has 21 heavy (non-hydrogen) atoms. The average molecular weight is 284 g/mol. The number of rotatable bonds is 4. The summed E-state index contributed by atoms with van der Waals surface area (Å²) in [5.41, 5.74) is 1.44. The minimum Gasteiger partial charge on any atom is -0.493 e. The van der Waals surface area contributed by atoms with Gasteiger partial charge in [0.05, 0.1) is 24.7 Å². The number of non-ortho nitro benzene ring substituents is 1. The summed E-state index contributed by atoms with van der Waals surface area (Å²) in [6.45, 7) is 0. The molecule has 0 atom stereocenters. The summed E-state index contributed by atoms with van der Waals surface area (Å²) in [4.78, 5) is 10.2. The number of hydrogen-bond donors (Lipinski definition) is 0. The number of benzene rings is 2. The van der Waals surface area contributed by atoms with E-state index < -0.39 is 4.92 Å². The van der Waals surface area contributed by atoms with Gasteiger partial charge < -0.3 is 9.47 Å². The maximum atomic E-state index is 10.8. The molecule has 6 heteroatoms. The first-order valence-corrected chi connectivity index (χ1v) is 6.01. The van der Waals surface area contributed by atoms with Gasteiger partial charge in [-0.25, -0.2) is 0 Å². The summed E-state index contributed by atoms with van der Waals surface area (Å²) in [5, 5.41) is 19.9. The Bertz CT molecular complexity index is 735. The predicted molar refractivity (Wildman–Crippen MR) is 76.4 cm³/mol. The molecule has 2 aromatic carbocycles. The highest BCUT2D eigenvalue weighted by atomic mass is 16.6. The van der Waals surface area contributed by atoms with E-state index in [1.807, 2.05) is 6.07 Å². The van der Waals surface area contributed by atoms with Gasteiger partial charge in [-0.3, -0.25) is 10.1 Å². The Hall–Kier alpha value is -3.07. The largest absolute Gasteiger partial charge is 0.493 e. The second kappa shape index (κ2) is 5.92. The predicted octanol–water partition coefficient (Wildman–Crippen LogP) is 3.15. The van der Waals surface area contributed by atoms with Gasteiger partial charge >= 0.3 is 0 Å². The fourth-order valence-electron chi connectivity index (χ4n) is 1.99. The Labute approximate surface area is 121 Å². The van der Waals surface area contributed by atoms with Gasteiger partial charge in [-0.05, 0) is 23.8 Å². The van der Waals surface area contributed by atoms with Gasteiger partial charge in [0.2, 0.25) is 0 Å². The molecule has 106 valence electrons. The topological polar surface area (TPSA) is 85.4 Å². The highest BCUT2D eigenvalue weighted by Crippen LogP contribution is 2.34. The zero-order valence-corrected chi connectivity index (χ0v) is 11.5. The maximum Gasteiger partial charge on any atom is 0.270 e. The molecule has 0 aliphatic heterocycles. The van der Waals surface area contributed by atoms with Gasteiger partial charge in [-0.15, -0.1) is 0 Å². The van der Waals surface area contributed by atoms with Gasteiger partial charge in [0, 0.05) is 17.7 Å². The highest BCUT2D eigenvalue weighted by Gasteiger charge is 2.13. The van der Waals surface area contributed by atoms with Crippen molar-refractivity contribution < 1.29 is 14.4 Å². The fraction of sp³-hybridized carbons (Fsp3) is 0.133.